The maximum Gasteiger partial charge on any atom is 0.407 e. The zero-order valence-electron chi connectivity index (χ0n) is 32.1. The third-order valence-corrected chi connectivity index (χ3v) is 12.1. The van der Waals surface area contributed by atoms with Gasteiger partial charge in [-0.05, 0) is 77.6 Å². The fraction of sp³-hybridized carbons (Fsp3) is 0.395. The molecule has 0 aliphatic carbocycles. The van der Waals surface area contributed by atoms with E-state index in [9.17, 15) is 18.3 Å². The number of aliphatic hydroxyl groups is 1. The largest absolute Gasteiger partial charge is 0.489 e. The lowest BCUT2D eigenvalue weighted by atomic mass is 9.99. The van der Waals surface area contributed by atoms with E-state index in [2.05, 4.69) is 41.3 Å². The van der Waals surface area contributed by atoms with Gasteiger partial charge in [0.15, 0.2) is 17.8 Å². The van der Waals surface area contributed by atoms with Crippen LogP contribution in [-0.4, -0.2) is 88.3 Å². The summed E-state index contributed by atoms with van der Waals surface area (Å²) < 4.78 is 63.2. The van der Waals surface area contributed by atoms with Gasteiger partial charge >= 0.3 is 6.09 Å². The van der Waals surface area contributed by atoms with Crippen LogP contribution in [0.15, 0.2) is 101 Å². The van der Waals surface area contributed by atoms with Crippen molar-refractivity contribution in [1.82, 2.24) is 9.62 Å². The van der Waals surface area contributed by atoms with Crippen LogP contribution in [0.25, 0.3) is 11.1 Å². The Morgan fingerprint density at radius 2 is 1.72 bits per heavy atom. The highest BCUT2D eigenvalue weighted by atomic mass is 32.2. The maximum absolute atomic E-state index is 14.0. The highest BCUT2D eigenvalue weighted by molar-refractivity contribution is 7.89. The molecule has 0 aromatic heterocycles. The molecule has 7 rings (SSSR count). The Morgan fingerprint density at radius 3 is 2.49 bits per heavy atom. The summed E-state index contributed by atoms with van der Waals surface area (Å²) in [4.78, 5) is 17.4. The van der Waals surface area contributed by atoms with Gasteiger partial charge in [-0.15, -0.1) is 0 Å². The standard InChI is InChI=1S/C43H49N3O10S/c1-28(2)23-46(57(49,50)34-16-17-39-40(21-34)55-27-54-39)24-38(47)37(45-43(48)56-41-26-53-42-36(41)18-19-51-42)20-29-10-14-33(15-11-29)52-25-30-8-12-31(13-9-30)35-7-5-4-6-32(35)22-44-3/h4-17,21,28,36-38,41-42,47H,3,18-20,22-27H2,1-2H3,(H,45,48)/t36-,37-,38+,41?,42+/m0/s1. The molecule has 1 amide bonds. The van der Waals surface area contributed by atoms with Gasteiger partial charge in [0.2, 0.25) is 16.8 Å². The Kier molecular flexibility index (Phi) is 12.8. The van der Waals surface area contributed by atoms with E-state index < -0.39 is 40.7 Å². The Balaban J connectivity index is 1.04. The normalized spacial score (nSPS) is 19.6. The van der Waals surface area contributed by atoms with Crippen molar-refractivity contribution in [2.24, 2.45) is 16.8 Å². The van der Waals surface area contributed by atoms with Crippen LogP contribution in [0.3, 0.4) is 0 Å². The summed E-state index contributed by atoms with van der Waals surface area (Å²) in [7, 11) is -4.09. The zero-order valence-corrected chi connectivity index (χ0v) is 32.9. The van der Waals surface area contributed by atoms with Crippen molar-refractivity contribution in [2.45, 2.75) is 69.3 Å². The Morgan fingerprint density at radius 1 is 0.965 bits per heavy atom. The number of hydrogen-bond acceptors (Lipinski definition) is 11. The summed E-state index contributed by atoms with van der Waals surface area (Å²) in [5.41, 5.74) is 5.09. The maximum atomic E-state index is 14.0. The van der Waals surface area contributed by atoms with Gasteiger partial charge < -0.3 is 38.8 Å². The van der Waals surface area contributed by atoms with Gasteiger partial charge in [0, 0.05) is 19.2 Å². The third kappa shape index (κ3) is 9.77. The minimum Gasteiger partial charge on any atom is -0.489 e. The molecule has 1 unspecified atom stereocenters. The van der Waals surface area contributed by atoms with Crippen molar-refractivity contribution >= 4 is 22.8 Å². The second kappa shape index (κ2) is 18.1. The van der Waals surface area contributed by atoms with Crippen molar-refractivity contribution in [3.05, 3.63) is 108 Å². The SMILES string of the molecule is C=NCc1ccccc1-c1ccc(COc2ccc(C[C@H](NC(=O)OC3CO[C@H]4OCC[C@@H]34)[C@H](O)CN(CC(C)C)S(=O)(=O)c3ccc4c(c3)OCO4)cc2)cc1. The second-order valence-electron chi connectivity index (χ2n) is 14.9. The van der Waals surface area contributed by atoms with Crippen LogP contribution >= 0.6 is 0 Å². The van der Waals surface area contributed by atoms with Gasteiger partial charge in [0.1, 0.15) is 18.5 Å². The molecule has 57 heavy (non-hydrogen) atoms. The number of aliphatic hydroxyl groups excluding tert-OH is 1. The number of aliphatic imine (C=N–C) groups is 1. The van der Waals surface area contributed by atoms with Gasteiger partial charge in [-0.2, -0.15) is 4.31 Å². The average Bonchev–Trinajstić information content (AvgIpc) is 3.97. The summed E-state index contributed by atoms with van der Waals surface area (Å²) in [6, 6.07) is 27.2. The first kappa shape index (κ1) is 40.2. The molecule has 3 aliphatic rings. The van der Waals surface area contributed by atoms with E-state index in [0.29, 0.717) is 43.4 Å². The molecule has 3 heterocycles. The van der Waals surface area contributed by atoms with Gasteiger partial charge in [-0.25, -0.2) is 13.2 Å². The molecule has 3 aliphatic heterocycles. The van der Waals surface area contributed by atoms with Crippen molar-refractivity contribution in [3.8, 4) is 28.4 Å². The van der Waals surface area contributed by atoms with Crippen LogP contribution in [0.2, 0.25) is 0 Å². The zero-order chi connectivity index (χ0) is 39.9. The topological polar surface area (TPSA) is 154 Å². The fourth-order valence-corrected chi connectivity index (χ4v) is 8.97. The average molecular weight is 800 g/mol. The number of ether oxygens (including phenoxy) is 6. The molecule has 2 fully saturated rings. The Hall–Kier alpha value is -4.99. The van der Waals surface area contributed by atoms with E-state index in [1.807, 2.05) is 62.4 Å². The number of carbonyl (C=O) groups is 1. The molecule has 302 valence electrons. The molecule has 0 saturated carbocycles. The molecule has 13 nitrogen and oxygen atoms in total. The summed E-state index contributed by atoms with van der Waals surface area (Å²) in [5.74, 6) is 1.29. The Labute approximate surface area is 333 Å². The molecule has 4 aromatic rings. The summed E-state index contributed by atoms with van der Waals surface area (Å²) >= 11 is 0. The van der Waals surface area contributed by atoms with E-state index in [1.165, 1.54) is 16.4 Å². The lowest BCUT2D eigenvalue weighted by molar-refractivity contribution is -0.0907. The molecule has 0 radical (unpaired) electrons. The van der Waals surface area contributed by atoms with Gasteiger partial charge in [-0.3, -0.25) is 4.99 Å². The van der Waals surface area contributed by atoms with Crippen LogP contribution in [0, 0.1) is 11.8 Å². The van der Waals surface area contributed by atoms with Gasteiger partial charge in [0.25, 0.3) is 0 Å². The van der Waals surface area contributed by atoms with Crippen LogP contribution in [0.1, 0.15) is 37.0 Å². The van der Waals surface area contributed by atoms with Crippen molar-refractivity contribution in [3.63, 3.8) is 0 Å². The van der Waals surface area contributed by atoms with Gasteiger partial charge in [-0.1, -0.05) is 74.5 Å². The molecule has 14 heteroatoms. The number of alkyl carbamates (subject to hydrolysis) is 1. The molecule has 5 atom stereocenters. The highest BCUT2D eigenvalue weighted by Gasteiger charge is 2.44. The number of nitrogens with one attached hydrogen (secondary N) is 1. The van der Waals surface area contributed by atoms with E-state index in [4.69, 9.17) is 28.4 Å². The minimum absolute atomic E-state index is 0.00414. The second-order valence-corrected chi connectivity index (χ2v) is 16.8. The number of benzene rings is 4. The summed E-state index contributed by atoms with van der Waals surface area (Å²) in [5, 5.41) is 14.6. The number of sulfonamides is 1. The van der Waals surface area contributed by atoms with Crippen molar-refractivity contribution in [1.29, 1.82) is 0 Å². The highest BCUT2D eigenvalue weighted by Crippen LogP contribution is 2.36. The molecule has 2 N–H and O–H groups in total. The van der Waals surface area contributed by atoms with Crippen LogP contribution < -0.4 is 19.5 Å². The number of amides is 1. The summed E-state index contributed by atoms with van der Waals surface area (Å²) in [6.45, 7) is 8.89. The number of hydrogen-bond donors (Lipinski definition) is 2. The smallest absolute Gasteiger partial charge is 0.407 e. The van der Waals surface area contributed by atoms with Gasteiger partial charge in [0.05, 0.1) is 42.7 Å². The predicted octanol–water partition coefficient (Wildman–Crippen LogP) is 5.97. The lowest BCUT2D eigenvalue weighted by Crippen LogP contribution is -2.51. The van der Waals surface area contributed by atoms with E-state index >= 15 is 0 Å². The Bertz CT molecular complexity index is 2110. The first-order valence-electron chi connectivity index (χ1n) is 19.2. The molecule has 0 bridgehead atoms. The van der Waals surface area contributed by atoms with Crippen LogP contribution in [0.5, 0.6) is 17.2 Å². The molecule has 4 aromatic carbocycles. The molecular formula is C43H49N3O10S. The fourth-order valence-electron chi connectivity index (χ4n) is 7.34. The first-order valence-corrected chi connectivity index (χ1v) is 20.6. The minimum atomic E-state index is -4.09. The lowest BCUT2D eigenvalue weighted by Gasteiger charge is -2.31. The van der Waals surface area contributed by atoms with E-state index in [-0.39, 0.29) is 49.6 Å². The molecule has 2 saturated heterocycles. The number of nitrogens with zero attached hydrogens (tertiary/aromatic N) is 2. The third-order valence-electron chi connectivity index (χ3n) is 10.3. The molecular weight excluding hydrogens is 751 g/mol. The van der Waals surface area contributed by atoms with E-state index in [0.717, 1.165) is 27.8 Å². The van der Waals surface area contributed by atoms with Crippen molar-refractivity contribution < 1.29 is 46.7 Å². The van der Waals surface area contributed by atoms with Crippen molar-refractivity contribution in [2.75, 3.05) is 33.1 Å². The number of rotatable bonds is 17. The quantitative estimate of drug-likeness (QED) is 0.122. The first-order chi connectivity index (χ1) is 27.6. The predicted molar refractivity (Wildman–Crippen MR) is 213 cm³/mol. The summed E-state index contributed by atoms with van der Waals surface area (Å²) in [6.07, 6.45) is -2.08. The van der Waals surface area contributed by atoms with E-state index in [1.54, 1.807) is 6.07 Å². The van der Waals surface area contributed by atoms with Crippen LogP contribution in [0.4, 0.5) is 4.79 Å². The number of carbonyl (C=O) groups excluding carboxylic acids is 1. The monoisotopic (exact) mass is 799 g/mol. The van der Waals surface area contributed by atoms with Crippen LogP contribution in [-0.2, 0) is 43.8 Å². The molecule has 0 spiro atoms. The number of fused-ring (bicyclic) bond motifs is 2.